The van der Waals surface area contributed by atoms with Gasteiger partial charge in [-0.15, -0.1) is 11.3 Å². The zero-order valence-electron chi connectivity index (χ0n) is 12.5. The summed E-state index contributed by atoms with van der Waals surface area (Å²) in [5, 5.41) is 5.58. The molecule has 2 aromatic rings. The highest BCUT2D eigenvalue weighted by Crippen LogP contribution is 2.41. The number of rotatable bonds is 3. The van der Waals surface area contributed by atoms with E-state index in [1.54, 1.807) is 11.3 Å². The molecular weight excluding hydrogens is 282 g/mol. The van der Waals surface area contributed by atoms with Gasteiger partial charge in [-0.25, -0.2) is 4.98 Å². The fourth-order valence-corrected chi connectivity index (χ4v) is 4.52. The maximum absolute atomic E-state index is 5.64. The molecule has 1 N–H and O–H groups in total. The summed E-state index contributed by atoms with van der Waals surface area (Å²) in [5.41, 5.74) is 1.27. The Morgan fingerprint density at radius 3 is 3.14 bits per heavy atom. The van der Waals surface area contributed by atoms with Crippen LogP contribution in [0.2, 0.25) is 0 Å². The molecule has 4 nitrogen and oxygen atoms in total. The van der Waals surface area contributed by atoms with E-state index in [1.807, 2.05) is 12.3 Å². The molecule has 0 saturated carbocycles. The van der Waals surface area contributed by atoms with Crippen molar-refractivity contribution in [1.82, 2.24) is 15.2 Å². The molecule has 4 heterocycles. The number of oxazole rings is 1. The number of fused-ring (bicyclic) bond motifs is 1. The first kappa shape index (κ1) is 13.5. The van der Waals surface area contributed by atoms with Crippen molar-refractivity contribution in [3.8, 4) is 10.8 Å². The maximum atomic E-state index is 5.64. The SMILES string of the molecule is CC1(C)C2CNCC2CN1Cc1coc(-c2cccs2)n1. The van der Waals surface area contributed by atoms with Gasteiger partial charge in [-0.1, -0.05) is 6.07 Å². The summed E-state index contributed by atoms with van der Waals surface area (Å²) in [6, 6.07) is 4.08. The van der Waals surface area contributed by atoms with E-state index in [9.17, 15) is 0 Å². The molecule has 2 aliphatic heterocycles. The van der Waals surface area contributed by atoms with Crippen LogP contribution in [0.5, 0.6) is 0 Å². The third-order valence-corrected chi connectivity index (χ3v) is 6.01. The van der Waals surface area contributed by atoms with Crippen molar-refractivity contribution in [2.45, 2.75) is 25.9 Å². The fraction of sp³-hybridized carbons (Fsp3) is 0.562. The van der Waals surface area contributed by atoms with E-state index in [4.69, 9.17) is 4.42 Å². The molecule has 0 radical (unpaired) electrons. The van der Waals surface area contributed by atoms with Crippen LogP contribution in [0.25, 0.3) is 10.8 Å². The molecule has 2 atom stereocenters. The van der Waals surface area contributed by atoms with E-state index >= 15 is 0 Å². The third-order valence-electron chi connectivity index (χ3n) is 5.15. The van der Waals surface area contributed by atoms with Crippen LogP contribution in [0.1, 0.15) is 19.5 Å². The standard InChI is InChI=1S/C16H21N3OS/c1-16(2)13-7-17-6-11(13)8-19(16)9-12-10-20-15(18-12)14-4-3-5-21-14/h3-5,10-11,13,17H,6-9H2,1-2H3. The predicted octanol–water partition coefficient (Wildman–Crippen LogP) is 2.83. The molecule has 2 unspecified atom stereocenters. The first-order chi connectivity index (χ1) is 10.1. The summed E-state index contributed by atoms with van der Waals surface area (Å²) in [7, 11) is 0. The highest BCUT2D eigenvalue weighted by molar-refractivity contribution is 7.13. The van der Waals surface area contributed by atoms with Gasteiger partial charge in [0.05, 0.1) is 10.6 Å². The van der Waals surface area contributed by atoms with Crippen molar-refractivity contribution >= 4 is 11.3 Å². The average Bonchev–Trinajstić information content (AvgIpc) is 3.20. The Balaban J connectivity index is 1.52. The van der Waals surface area contributed by atoms with Crippen LogP contribution in [-0.2, 0) is 6.54 Å². The fourth-order valence-electron chi connectivity index (χ4n) is 3.86. The first-order valence-electron chi connectivity index (χ1n) is 7.58. The summed E-state index contributed by atoms with van der Waals surface area (Å²) in [5.74, 6) is 2.28. The zero-order valence-corrected chi connectivity index (χ0v) is 13.3. The van der Waals surface area contributed by atoms with Gasteiger partial charge < -0.3 is 9.73 Å². The van der Waals surface area contributed by atoms with Crippen molar-refractivity contribution in [3.63, 3.8) is 0 Å². The zero-order chi connectivity index (χ0) is 14.4. The quantitative estimate of drug-likeness (QED) is 0.946. The summed E-state index contributed by atoms with van der Waals surface area (Å²) < 4.78 is 5.64. The summed E-state index contributed by atoms with van der Waals surface area (Å²) in [6.07, 6.45) is 1.82. The van der Waals surface area contributed by atoms with Crippen LogP contribution in [0, 0.1) is 11.8 Å². The monoisotopic (exact) mass is 303 g/mol. The van der Waals surface area contributed by atoms with E-state index in [-0.39, 0.29) is 5.54 Å². The van der Waals surface area contributed by atoms with Gasteiger partial charge in [0.15, 0.2) is 0 Å². The minimum Gasteiger partial charge on any atom is -0.444 e. The van der Waals surface area contributed by atoms with Crippen molar-refractivity contribution < 1.29 is 4.42 Å². The summed E-state index contributed by atoms with van der Waals surface area (Å²) >= 11 is 1.67. The average molecular weight is 303 g/mol. The Morgan fingerprint density at radius 1 is 1.48 bits per heavy atom. The lowest BCUT2D eigenvalue weighted by Crippen LogP contribution is -2.43. The van der Waals surface area contributed by atoms with Crippen LogP contribution >= 0.6 is 11.3 Å². The van der Waals surface area contributed by atoms with Crippen LogP contribution < -0.4 is 5.32 Å². The normalized spacial score (nSPS) is 28.1. The number of aromatic nitrogens is 1. The molecule has 2 saturated heterocycles. The van der Waals surface area contributed by atoms with Crippen LogP contribution in [0.4, 0.5) is 0 Å². The van der Waals surface area contributed by atoms with Gasteiger partial charge >= 0.3 is 0 Å². The van der Waals surface area contributed by atoms with Gasteiger partial charge in [-0.05, 0) is 43.7 Å². The van der Waals surface area contributed by atoms with E-state index in [0.717, 1.165) is 54.5 Å². The molecule has 2 aromatic heterocycles. The van der Waals surface area contributed by atoms with E-state index in [0.29, 0.717) is 0 Å². The Bertz CT molecular complexity index is 619. The van der Waals surface area contributed by atoms with Gasteiger partial charge in [0.2, 0.25) is 5.89 Å². The van der Waals surface area contributed by atoms with Crippen LogP contribution in [0.3, 0.4) is 0 Å². The van der Waals surface area contributed by atoms with E-state index in [1.165, 1.54) is 0 Å². The predicted molar refractivity (Wildman–Crippen MR) is 84.2 cm³/mol. The molecule has 0 aliphatic carbocycles. The second-order valence-corrected chi connectivity index (χ2v) is 7.63. The number of nitrogens with one attached hydrogen (secondary N) is 1. The Morgan fingerprint density at radius 2 is 2.38 bits per heavy atom. The van der Waals surface area contributed by atoms with Gasteiger partial charge in [-0.3, -0.25) is 4.90 Å². The minimum atomic E-state index is 0.232. The van der Waals surface area contributed by atoms with Crippen molar-refractivity contribution in [2.24, 2.45) is 11.8 Å². The second kappa shape index (κ2) is 4.93. The highest BCUT2D eigenvalue weighted by Gasteiger charge is 2.49. The number of hydrogen-bond acceptors (Lipinski definition) is 5. The second-order valence-electron chi connectivity index (χ2n) is 6.68. The summed E-state index contributed by atoms with van der Waals surface area (Å²) in [4.78, 5) is 8.33. The van der Waals surface area contributed by atoms with Crippen molar-refractivity contribution in [3.05, 3.63) is 29.5 Å². The van der Waals surface area contributed by atoms with E-state index < -0.39 is 0 Å². The van der Waals surface area contributed by atoms with Gasteiger partial charge in [-0.2, -0.15) is 0 Å². The largest absolute Gasteiger partial charge is 0.444 e. The molecule has 0 bridgehead atoms. The number of hydrogen-bond donors (Lipinski definition) is 1. The van der Waals surface area contributed by atoms with Gasteiger partial charge in [0.25, 0.3) is 0 Å². The first-order valence-corrected chi connectivity index (χ1v) is 8.46. The molecule has 2 aliphatic rings. The maximum Gasteiger partial charge on any atom is 0.236 e. The van der Waals surface area contributed by atoms with Crippen molar-refractivity contribution in [1.29, 1.82) is 0 Å². The highest BCUT2D eigenvalue weighted by atomic mass is 32.1. The molecule has 5 heteroatoms. The molecule has 0 aromatic carbocycles. The van der Waals surface area contributed by atoms with Crippen molar-refractivity contribution in [2.75, 3.05) is 19.6 Å². The Hall–Kier alpha value is -1.17. The molecule has 0 spiro atoms. The van der Waals surface area contributed by atoms with Gasteiger partial charge in [0, 0.05) is 25.2 Å². The molecule has 4 rings (SSSR count). The Labute approximate surface area is 129 Å². The molecule has 2 fully saturated rings. The van der Waals surface area contributed by atoms with E-state index in [2.05, 4.69) is 40.5 Å². The molecule has 112 valence electrons. The lowest BCUT2D eigenvalue weighted by atomic mass is 9.85. The molecule has 0 amide bonds. The van der Waals surface area contributed by atoms with Gasteiger partial charge in [0.1, 0.15) is 6.26 Å². The smallest absolute Gasteiger partial charge is 0.236 e. The van der Waals surface area contributed by atoms with Crippen LogP contribution in [-0.4, -0.2) is 35.1 Å². The van der Waals surface area contributed by atoms with Crippen LogP contribution in [0.15, 0.2) is 28.2 Å². The molecular formula is C16H21N3OS. The third kappa shape index (κ3) is 2.24. The summed E-state index contributed by atoms with van der Waals surface area (Å²) in [6.45, 7) is 9.08. The number of nitrogens with zero attached hydrogens (tertiary/aromatic N) is 2. The number of thiophene rings is 1. The minimum absolute atomic E-state index is 0.232. The molecule has 21 heavy (non-hydrogen) atoms. The topological polar surface area (TPSA) is 41.3 Å². The number of likely N-dealkylation sites (tertiary alicyclic amines) is 1. The Kier molecular flexibility index (Phi) is 3.17. The lowest BCUT2D eigenvalue weighted by molar-refractivity contribution is 0.130. The lowest BCUT2D eigenvalue weighted by Gasteiger charge is -2.35.